The maximum atomic E-state index is 2.63. The summed E-state index contributed by atoms with van der Waals surface area (Å²) >= 11 is -2.03. The van der Waals surface area contributed by atoms with E-state index in [-0.39, 0.29) is 24.8 Å². The van der Waals surface area contributed by atoms with Crippen LogP contribution >= 0.6 is 0 Å². The van der Waals surface area contributed by atoms with E-state index >= 15 is 0 Å². The van der Waals surface area contributed by atoms with E-state index in [1.54, 1.807) is 19.9 Å². The van der Waals surface area contributed by atoms with Crippen molar-refractivity contribution in [2.45, 2.75) is 69.3 Å². The largest absolute Gasteiger partial charge is 1.00 e. The molecule has 0 radical (unpaired) electrons. The van der Waals surface area contributed by atoms with Gasteiger partial charge in [0.25, 0.3) is 0 Å². The maximum absolute atomic E-state index is 2.63. The molecule has 1 unspecified atom stereocenters. The molecule has 1 aromatic carbocycles. The molecular weight excluding hydrogens is 474 g/mol. The molecule has 1 atom stereocenters. The standard InChI is InChI=1S/C9H11.C9H13.C8H8.2ClH.Zr/c1-2-5-9-7-3-6-8(9)4-1;1-3-8-6-5-7-9(8)4-2;1-2-8-6-4-3-5-7-8;;;/h3,6-7H,1-2,4-5H2;6H,3-5H2,1-2H3;3-7H,1H3;2*1H;/q;;;;;+2/p-2. The van der Waals surface area contributed by atoms with Gasteiger partial charge in [0.05, 0.1) is 0 Å². The first-order chi connectivity index (χ1) is 13.2. The fourth-order valence-corrected chi connectivity index (χ4v) is 14.5. The summed E-state index contributed by atoms with van der Waals surface area (Å²) in [5.74, 6) is 0. The van der Waals surface area contributed by atoms with E-state index in [1.165, 1.54) is 50.5 Å². The summed E-state index contributed by atoms with van der Waals surface area (Å²) in [5, 5.41) is 0. The smallest absolute Gasteiger partial charge is 1.00 e. The first-order valence-electron chi connectivity index (χ1n) is 10.8. The minimum absolute atomic E-state index is 0. The minimum Gasteiger partial charge on any atom is -1.00 e. The number of rotatable bonds is 5. The van der Waals surface area contributed by atoms with Gasteiger partial charge in [-0.1, -0.05) is 0 Å². The second-order valence-electron chi connectivity index (χ2n) is 8.10. The Hall–Kier alpha value is -0.487. The Kier molecular flexibility index (Phi) is 9.59. The molecule has 0 aromatic heterocycles. The van der Waals surface area contributed by atoms with Crippen molar-refractivity contribution < 1.29 is 46.1 Å². The predicted octanol–water partition coefficient (Wildman–Crippen LogP) is 1.49. The van der Waals surface area contributed by atoms with Gasteiger partial charge in [-0.3, -0.25) is 0 Å². The summed E-state index contributed by atoms with van der Waals surface area (Å²) in [6.07, 6.45) is 16.8. The summed E-state index contributed by atoms with van der Waals surface area (Å²) in [6, 6.07) is 11.3. The molecular formula is C26H32Cl2Zr. The SMILES string of the molecule is CCC1=CC[C](/[Zr+2](=[C](/C)c2ccccc2)[CH]2C=CC3=C2CCCC3)=C1CC.[Cl-].[Cl-]. The number of allylic oxidation sites excluding steroid dienone is 8. The number of halogens is 2. The third-order valence-electron chi connectivity index (χ3n) is 6.71. The van der Waals surface area contributed by atoms with Crippen molar-refractivity contribution in [1.82, 2.24) is 0 Å². The first-order valence-corrected chi connectivity index (χ1v) is 14.7. The van der Waals surface area contributed by atoms with E-state index in [1.807, 2.05) is 8.85 Å². The van der Waals surface area contributed by atoms with E-state index in [0.29, 0.717) is 0 Å². The van der Waals surface area contributed by atoms with Crippen molar-refractivity contribution in [3.8, 4) is 0 Å². The van der Waals surface area contributed by atoms with Crippen LogP contribution in [0.1, 0.15) is 71.3 Å². The predicted molar refractivity (Wildman–Crippen MR) is 115 cm³/mol. The molecule has 0 fully saturated rings. The summed E-state index contributed by atoms with van der Waals surface area (Å²) in [5.41, 5.74) is 8.41. The zero-order valence-electron chi connectivity index (χ0n) is 17.9. The fourth-order valence-electron chi connectivity index (χ4n) is 5.32. The summed E-state index contributed by atoms with van der Waals surface area (Å²) in [6.45, 7) is 7.18. The van der Waals surface area contributed by atoms with Gasteiger partial charge in [-0.2, -0.15) is 0 Å². The van der Waals surface area contributed by atoms with Gasteiger partial charge >= 0.3 is 174 Å². The molecule has 3 aliphatic rings. The van der Waals surface area contributed by atoms with Gasteiger partial charge < -0.3 is 24.8 Å². The quantitative estimate of drug-likeness (QED) is 0.568. The molecule has 0 nitrogen and oxygen atoms in total. The van der Waals surface area contributed by atoms with Crippen LogP contribution in [0.15, 0.2) is 74.1 Å². The van der Waals surface area contributed by atoms with Crippen molar-refractivity contribution in [1.29, 1.82) is 0 Å². The van der Waals surface area contributed by atoms with Crippen LogP contribution in [0.4, 0.5) is 0 Å². The van der Waals surface area contributed by atoms with Crippen LogP contribution in [0.5, 0.6) is 0 Å². The average Bonchev–Trinajstić information content (AvgIpc) is 3.33. The van der Waals surface area contributed by atoms with Gasteiger partial charge in [-0.25, -0.2) is 0 Å². The van der Waals surface area contributed by atoms with Crippen molar-refractivity contribution in [2.75, 3.05) is 0 Å². The Morgan fingerprint density at radius 1 is 1.00 bits per heavy atom. The van der Waals surface area contributed by atoms with Crippen molar-refractivity contribution in [3.63, 3.8) is 0 Å². The Bertz CT molecular complexity index is 885. The van der Waals surface area contributed by atoms with Crippen molar-refractivity contribution in [3.05, 3.63) is 79.7 Å². The molecule has 0 bridgehead atoms. The minimum atomic E-state index is -2.03. The molecule has 3 aliphatic carbocycles. The first kappa shape index (κ1) is 24.8. The van der Waals surface area contributed by atoms with Crippen LogP contribution in [0.3, 0.4) is 0 Å². The van der Waals surface area contributed by atoms with Crippen LogP contribution in [0, 0.1) is 0 Å². The summed E-state index contributed by atoms with van der Waals surface area (Å²) in [4.78, 5) is 0. The van der Waals surface area contributed by atoms with Crippen LogP contribution in [0.2, 0.25) is 3.63 Å². The molecule has 3 heteroatoms. The van der Waals surface area contributed by atoms with Crippen LogP contribution in [-0.2, 0) is 21.3 Å². The number of hydrogen-bond acceptors (Lipinski definition) is 0. The van der Waals surface area contributed by atoms with E-state index in [4.69, 9.17) is 0 Å². The third kappa shape index (κ3) is 4.89. The molecule has 29 heavy (non-hydrogen) atoms. The molecule has 0 amide bonds. The Morgan fingerprint density at radius 3 is 2.41 bits per heavy atom. The topological polar surface area (TPSA) is 0 Å². The third-order valence-corrected chi connectivity index (χ3v) is 15.1. The van der Waals surface area contributed by atoms with Crippen molar-refractivity contribution in [2.24, 2.45) is 0 Å². The molecule has 0 N–H and O–H groups in total. The normalized spacial score (nSPS) is 20.7. The molecule has 0 saturated carbocycles. The van der Waals surface area contributed by atoms with E-state index in [2.05, 4.69) is 69.3 Å². The molecule has 1 aromatic rings. The summed E-state index contributed by atoms with van der Waals surface area (Å²) in [7, 11) is 0. The molecule has 0 heterocycles. The molecule has 0 saturated heterocycles. The summed E-state index contributed by atoms with van der Waals surface area (Å²) < 4.78 is 4.41. The van der Waals surface area contributed by atoms with Gasteiger partial charge in [0.1, 0.15) is 0 Å². The van der Waals surface area contributed by atoms with E-state index in [9.17, 15) is 0 Å². The van der Waals surface area contributed by atoms with Crippen LogP contribution in [0.25, 0.3) is 0 Å². The number of benzene rings is 1. The average molecular weight is 507 g/mol. The zero-order valence-corrected chi connectivity index (χ0v) is 21.9. The van der Waals surface area contributed by atoms with Gasteiger partial charge in [-0.05, 0) is 0 Å². The molecule has 0 aliphatic heterocycles. The molecule has 4 rings (SSSR count). The molecule has 154 valence electrons. The van der Waals surface area contributed by atoms with Gasteiger partial charge in [-0.15, -0.1) is 0 Å². The van der Waals surface area contributed by atoms with Gasteiger partial charge in [0, 0.05) is 0 Å². The Morgan fingerprint density at radius 2 is 1.72 bits per heavy atom. The Labute approximate surface area is 197 Å². The fraction of sp³-hybridized carbons (Fsp3) is 0.423. The second kappa shape index (κ2) is 11.2. The maximum Gasteiger partial charge on any atom is -1.00 e. The number of hydrogen-bond donors (Lipinski definition) is 0. The van der Waals surface area contributed by atoms with Gasteiger partial charge in [0.15, 0.2) is 0 Å². The Balaban J connectivity index is 0.00000150. The van der Waals surface area contributed by atoms with Crippen LogP contribution < -0.4 is 24.8 Å². The monoisotopic (exact) mass is 504 g/mol. The van der Waals surface area contributed by atoms with Crippen LogP contribution in [-0.4, -0.2) is 3.21 Å². The van der Waals surface area contributed by atoms with E-state index in [0.717, 1.165) is 3.63 Å². The second-order valence-corrected chi connectivity index (χ2v) is 15.0. The van der Waals surface area contributed by atoms with Crippen molar-refractivity contribution >= 4 is 3.21 Å². The zero-order chi connectivity index (χ0) is 18.8. The van der Waals surface area contributed by atoms with Gasteiger partial charge in [0.2, 0.25) is 0 Å². The molecule has 0 spiro atoms. The van der Waals surface area contributed by atoms with E-state index < -0.39 is 21.3 Å².